The number of rotatable bonds is 10. The lowest BCUT2D eigenvalue weighted by Gasteiger charge is -2.13. The zero-order chi connectivity index (χ0) is 22.3. The molecule has 32 heavy (non-hydrogen) atoms. The van der Waals surface area contributed by atoms with Crippen LogP contribution in [0.2, 0.25) is 0 Å². The van der Waals surface area contributed by atoms with E-state index in [9.17, 15) is 9.59 Å². The predicted molar refractivity (Wildman–Crippen MR) is 134 cm³/mol. The van der Waals surface area contributed by atoms with Crippen molar-refractivity contribution in [2.24, 2.45) is 0 Å². The number of hydrogen-bond donors (Lipinski definition) is 2. The Kier molecular flexibility index (Phi) is 8.18. The molecule has 0 aliphatic heterocycles. The molecule has 0 spiro atoms. The van der Waals surface area contributed by atoms with Crippen LogP contribution in [0.5, 0.6) is 0 Å². The molecule has 1 aliphatic carbocycles. The molecule has 170 valence electrons. The highest BCUT2D eigenvalue weighted by atomic mass is 32.2. The van der Waals surface area contributed by atoms with Crippen molar-refractivity contribution < 1.29 is 14.3 Å². The smallest absolute Gasteiger partial charge is 0.254 e. The number of thioether (sulfide) groups is 1. The molecule has 2 N–H and O–H groups in total. The summed E-state index contributed by atoms with van der Waals surface area (Å²) in [5, 5.41) is 7.71. The van der Waals surface area contributed by atoms with Crippen LogP contribution >= 0.6 is 34.4 Å². The minimum Gasteiger partial charge on any atom is -0.385 e. The molecule has 0 bridgehead atoms. The Morgan fingerprint density at radius 2 is 2.03 bits per heavy atom. The molecule has 0 saturated heterocycles. The van der Waals surface area contributed by atoms with E-state index >= 15 is 0 Å². The van der Waals surface area contributed by atoms with Crippen molar-refractivity contribution in [2.75, 3.05) is 31.3 Å². The number of carbonyl (C=O) groups excluding carboxylic acids is 2. The summed E-state index contributed by atoms with van der Waals surface area (Å²) in [7, 11) is 1.65. The van der Waals surface area contributed by atoms with Gasteiger partial charge in [-0.25, -0.2) is 4.98 Å². The average molecular weight is 490 g/mol. The molecule has 6 nitrogen and oxygen atoms in total. The van der Waals surface area contributed by atoms with Crippen LogP contribution < -0.4 is 10.6 Å². The highest BCUT2D eigenvalue weighted by Crippen LogP contribution is 2.38. The van der Waals surface area contributed by atoms with Gasteiger partial charge in [0.1, 0.15) is 10.0 Å². The van der Waals surface area contributed by atoms with E-state index in [0.29, 0.717) is 35.2 Å². The lowest BCUT2D eigenvalue weighted by Crippen LogP contribution is -2.27. The van der Waals surface area contributed by atoms with Gasteiger partial charge in [0.25, 0.3) is 5.91 Å². The second kappa shape index (κ2) is 11.3. The number of anilines is 1. The highest BCUT2D eigenvalue weighted by Gasteiger charge is 2.26. The number of thiophene rings is 1. The van der Waals surface area contributed by atoms with Crippen LogP contribution in [0.15, 0.2) is 24.3 Å². The van der Waals surface area contributed by atoms with Crippen LogP contribution in [0.1, 0.15) is 45.1 Å². The number of fused-ring (bicyclic) bond motifs is 2. The molecule has 4 rings (SSSR count). The molecule has 2 heterocycles. The summed E-state index contributed by atoms with van der Waals surface area (Å²) in [5.74, 6) is 0.842. The maximum atomic E-state index is 12.9. The van der Waals surface area contributed by atoms with Gasteiger partial charge >= 0.3 is 0 Å². The number of hydrogen-bond acceptors (Lipinski definition) is 7. The number of nitrogens with one attached hydrogen (secondary N) is 2. The van der Waals surface area contributed by atoms with E-state index in [0.717, 1.165) is 52.9 Å². The van der Waals surface area contributed by atoms with Gasteiger partial charge in [-0.2, -0.15) is 0 Å². The fourth-order valence-electron chi connectivity index (χ4n) is 3.78. The van der Waals surface area contributed by atoms with Crippen molar-refractivity contribution in [3.63, 3.8) is 0 Å². The summed E-state index contributed by atoms with van der Waals surface area (Å²) in [6, 6.07) is 8.07. The van der Waals surface area contributed by atoms with Crippen molar-refractivity contribution in [2.45, 2.75) is 37.9 Å². The molecule has 9 heteroatoms. The maximum absolute atomic E-state index is 12.9. The maximum Gasteiger partial charge on any atom is 0.254 e. The minimum atomic E-state index is -0.0991. The summed E-state index contributed by atoms with van der Waals surface area (Å²) in [6.45, 7) is 1.17. The lowest BCUT2D eigenvalue weighted by molar-refractivity contribution is -0.113. The second-order valence-electron chi connectivity index (χ2n) is 7.63. The number of thiazole rings is 1. The number of ether oxygens (including phenoxy) is 1. The Balaban J connectivity index is 1.37. The van der Waals surface area contributed by atoms with Crippen molar-refractivity contribution in [1.29, 1.82) is 0 Å². The third-order valence-electron chi connectivity index (χ3n) is 5.26. The molecule has 0 radical (unpaired) electrons. The number of para-hydroxylation sites is 1. The van der Waals surface area contributed by atoms with Gasteiger partial charge in [-0.05, 0) is 49.8 Å². The standard InChI is InChI=1S/C23H27N3O3S3/c1-29-12-6-11-24-22(28)21-15-7-2-4-9-17(15)32-23(21)26-19(27)13-30-14-20-25-16-8-3-5-10-18(16)31-20/h3,5,8,10H,2,4,6-7,9,11-14H2,1H3,(H,24,28)(H,26,27). The third kappa shape index (κ3) is 5.70. The van der Waals surface area contributed by atoms with Crippen LogP contribution in [0, 0.1) is 0 Å². The van der Waals surface area contributed by atoms with E-state index < -0.39 is 0 Å². The SMILES string of the molecule is COCCCNC(=O)c1c(NC(=O)CSCc2nc3ccccc3s2)sc2c1CCCC2. The number of benzene rings is 1. The molecule has 1 aliphatic rings. The van der Waals surface area contributed by atoms with E-state index in [1.54, 1.807) is 41.5 Å². The molecule has 0 saturated carbocycles. The number of amides is 2. The van der Waals surface area contributed by atoms with E-state index in [4.69, 9.17) is 4.74 Å². The van der Waals surface area contributed by atoms with Crippen molar-refractivity contribution in [3.05, 3.63) is 45.3 Å². The number of aryl methyl sites for hydroxylation is 1. The third-order valence-corrected chi connectivity index (χ3v) is 8.63. The van der Waals surface area contributed by atoms with Gasteiger partial charge in [0, 0.05) is 30.9 Å². The molecule has 0 fully saturated rings. The van der Waals surface area contributed by atoms with E-state index in [2.05, 4.69) is 21.7 Å². The average Bonchev–Trinajstić information content (AvgIpc) is 3.37. The molecular formula is C23H27N3O3S3. The highest BCUT2D eigenvalue weighted by molar-refractivity contribution is 7.99. The number of methoxy groups -OCH3 is 1. The Labute approximate surface area is 200 Å². The lowest BCUT2D eigenvalue weighted by atomic mass is 9.95. The predicted octanol–water partition coefficient (Wildman–Crippen LogP) is 4.87. The first-order chi connectivity index (χ1) is 15.7. The van der Waals surface area contributed by atoms with E-state index in [1.165, 1.54) is 4.88 Å². The Morgan fingerprint density at radius 3 is 2.88 bits per heavy atom. The number of carbonyl (C=O) groups is 2. The van der Waals surface area contributed by atoms with Gasteiger partial charge in [-0.15, -0.1) is 34.4 Å². The summed E-state index contributed by atoms with van der Waals surface area (Å²) < 4.78 is 6.22. The van der Waals surface area contributed by atoms with Crippen LogP contribution in [0.25, 0.3) is 10.2 Å². The van der Waals surface area contributed by atoms with Gasteiger partial charge in [-0.1, -0.05) is 12.1 Å². The van der Waals surface area contributed by atoms with Crippen LogP contribution in [-0.4, -0.2) is 42.8 Å². The van der Waals surface area contributed by atoms with Crippen LogP contribution in [0.4, 0.5) is 5.00 Å². The van der Waals surface area contributed by atoms with Crippen molar-refractivity contribution >= 4 is 61.5 Å². The zero-order valence-corrected chi connectivity index (χ0v) is 20.5. The largest absolute Gasteiger partial charge is 0.385 e. The van der Waals surface area contributed by atoms with Gasteiger partial charge in [-0.3, -0.25) is 9.59 Å². The summed E-state index contributed by atoms with van der Waals surface area (Å²) in [5.41, 5.74) is 2.78. The summed E-state index contributed by atoms with van der Waals surface area (Å²) >= 11 is 4.77. The second-order valence-corrected chi connectivity index (χ2v) is 10.8. The quantitative estimate of drug-likeness (QED) is 0.397. The molecule has 1 aromatic carbocycles. The van der Waals surface area contributed by atoms with Crippen molar-refractivity contribution in [1.82, 2.24) is 10.3 Å². The van der Waals surface area contributed by atoms with E-state index in [1.807, 2.05) is 18.2 Å². The van der Waals surface area contributed by atoms with Crippen LogP contribution in [0.3, 0.4) is 0 Å². The summed E-state index contributed by atoms with van der Waals surface area (Å²) in [4.78, 5) is 31.4. The molecule has 2 aromatic heterocycles. The van der Waals surface area contributed by atoms with Gasteiger partial charge < -0.3 is 15.4 Å². The molecular weight excluding hydrogens is 462 g/mol. The van der Waals surface area contributed by atoms with Crippen LogP contribution in [-0.2, 0) is 28.1 Å². The molecule has 2 amide bonds. The molecule has 3 aromatic rings. The normalized spacial score (nSPS) is 13.2. The monoisotopic (exact) mass is 489 g/mol. The Morgan fingerprint density at radius 1 is 1.19 bits per heavy atom. The Hall–Kier alpha value is -1.94. The molecule has 0 unspecified atom stereocenters. The summed E-state index contributed by atoms with van der Waals surface area (Å²) in [6.07, 6.45) is 4.85. The first-order valence-corrected chi connectivity index (χ1v) is 13.6. The molecule has 0 atom stereocenters. The first-order valence-electron chi connectivity index (χ1n) is 10.8. The van der Waals surface area contributed by atoms with Gasteiger partial charge in [0.15, 0.2) is 0 Å². The Bertz CT molecular complexity index is 1060. The first kappa shape index (κ1) is 23.2. The minimum absolute atomic E-state index is 0.0804. The van der Waals surface area contributed by atoms with E-state index in [-0.39, 0.29) is 11.8 Å². The van der Waals surface area contributed by atoms with Crippen molar-refractivity contribution in [3.8, 4) is 0 Å². The fraction of sp³-hybridized carbons (Fsp3) is 0.435. The topological polar surface area (TPSA) is 80.3 Å². The fourth-order valence-corrected chi connectivity index (χ4v) is 6.93. The number of aromatic nitrogens is 1. The van der Waals surface area contributed by atoms with Gasteiger partial charge in [0.2, 0.25) is 5.91 Å². The zero-order valence-electron chi connectivity index (χ0n) is 18.1. The number of nitrogens with zero attached hydrogens (tertiary/aromatic N) is 1. The van der Waals surface area contributed by atoms with Gasteiger partial charge in [0.05, 0.1) is 21.5 Å².